The second kappa shape index (κ2) is 14.0. The molecule has 5 aliphatic rings. The molecule has 16 heteroatoms. The summed E-state index contributed by atoms with van der Waals surface area (Å²) < 4.78 is 39.0. The minimum Gasteiger partial charge on any atom is -0.444 e. The molecular formula is C35H48N6O9S. The van der Waals surface area contributed by atoms with Gasteiger partial charge in [-0.2, -0.15) is 0 Å². The van der Waals surface area contributed by atoms with Gasteiger partial charge in [-0.1, -0.05) is 37.1 Å². The summed E-state index contributed by atoms with van der Waals surface area (Å²) >= 11 is 0. The van der Waals surface area contributed by atoms with Crippen molar-refractivity contribution in [2.24, 2.45) is 5.92 Å². The van der Waals surface area contributed by atoms with E-state index in [0.717, 1.165) is 24.0 Å². The SMILES string of the molecule is CC(C)(C)OC(=O)N[C@H]1CCCCC/C=C\[C@H]2C[C@@]2(C(=O)NS(=O)(=O)C2CC2)NC(=O)C2C[C@@H](OC(=O)N3Cc4cccc(N)c4C3)CN2C1=O. The van der Waals surface area contributed by atoms with Crippen LogP contribution >= 0.6 is 0 Å². The summed E-state index contributed by atoms with van der Waals surface area (Å²) in [6, 6.07) is 3.22. The molecule has 5 N–H and O–H groups in total. The molecule has 3 aliphatic heterocycles. The highest BCUT2D eigenvalue weighted by molar-refractivity contribution is 7.91. The van der Waals surface area contributed by atoms with Crippen LogP contribution in [0, 0.1) is 5.92 Å². The average molecular weight is 729 g/mol. The van der Waals surface area contributed by atoms with Crippen LogP contribution in [0.3, 0.4) is 0 Å². The van der Waals surface area contributed by atoms with Gasteiger partial charge >= 0.3 is 12.2 Å². The molecule has 5 atom stereocenters. The summed E-state index contributed by atoms with van der Waals surface area (Å²) in [5, 5.41) is 4.85. The number of rotatable bonds is 5. The van der Waals surface area contributed by atoms with E-state index in [4.69, 9.17) is 15.2 Å². The molecule has 3 heterocycles. The van der Waals surface area contributed by atoms with Crippen LogP contribution in [0.1, 0.15) is 89.7 Å². The molecule has 278 valence electrons. The standard InChI is InChI=1S/C35H48N6O9S/c1-34(2,3)50-32(45)37-27-13-8-6-4-5-7-11-22-17-35(22,31(44)39-51(47,48)24-14-15-24)38-29(42)28-16-23(19-41(28)30(27)43)49-33(46)40-18-21-10-9-12-26(36)25(21)20-40/h7,9-12,22-24,27-28H,4-6,8,13-20,36H2,1-3H3,(H,37,45)(H,38,42)(H,39,44)/b11-7-/t22-,23+,27-,28?,35+/m0/s1. The van der Waals surface area contributed by atoms with Gasteiger partial charge in [0.1, 0.15) is 29.3 Å². The number of hydrogen-bond acceptors (Lipinski definition) is 10. The number of allylic oxidation sites excluding steroid dienone is 1. The van der Waals surface area contributed by atoms with Gasteiger partial charge in [0.2, 0.25) is 21.8 Å². The number of nitrogens with one attached hydrogen (secondary N) is 3. The Morgan fingerprint density at radius 1 is 1.06 bits per heavy atom. The monoisotopic (exact) mass is 728 g/mol. The van der Waals surface area contributed by atoms with Crippen LogP contribution in [-0.4, -0.2) is 89.2 Å². The number of nitrogens with zero attached hydrogens (tertiary/aromatic N) is 2. The molecule has 0 radical (unpaired) electrons. The maximum absolute atomic E-state index is 14.3. The van der Waals surface area contributed by atoms with Gasteiger partial charge in [0, 0.05) is 24.6 Å². The van der Waals surface area contributed by atoms with Gasteiger partial charge in [0.25, 0.3) is 5.91 Å². The fourth-order valence-corrected chi connectivity index (χ4v) is 8.46. The second-order valence-electron chi connectivity index (χ2n) is 15.3. The number of carbonyl (C=O) groups is 5. The van der Waals surface area contributed by atoms with Crippen molar-refractivity contribution in [3.05, 3.63) is 41.5 Å². The molecule has 2 aliphatic carbocycles. The topological polar surface area (TPSA) is 207 Å². The van der Waals surface area contributed by atoms with Crippen molar-refractivity contribution in [3.63, 3.8) is 0 Å². The van der Waals surface area contributed by atoms with E-state index in [-0.39, 0.29) is 38.9 Å². The van der Waals surface area contributed by atoms with E-state index >= 15 is 0 Å². The van der Waals surface area contributed by atoms with Crippen LogP contribution in [0.2, 0.25) is 0 Å². The van der Waals surface area contributed by atoms with Crippen LogP contribution in [0.25, 0.3) is 0 Å². The first kappa shape index (κ1) is 36.5. The lowest BCUT2D eigenvalue weighted by molar-refractivity contribution is -0.141. The number of sulfonamides is 1. The van der Waals surface area contributed by atoms with Gasteiger partial charge in [-0.15, -0.1) is 0 Å². The number of anilines is 1. The van der Waals surface area contributed by atoms with E-state index in [9.17, 15) is 32.4 Å². The van der Waals surface area contributed by atoms with Crippen LogP contribution in [0.15, 0.2) is 30.4 Å². The van der Waals surface area contributed by atoms with E-state index in [1.54, 1.807) is 26.8 Å². The molecule has 0 aromatic heterocycles. The Bertz CT molecular complexity index is 1720. The zero-order valence-corrected chi connectivity index (χ0v) is 30.1. The molecule has 6 rings (SSSR count). The minimum atomic E-state index is -3.90. The Kier molecular flexibility index (Phi) is 10.0. The first-order valence-electron chi connectivity index (χ1n) is 17.7. The molecule has 0 spiro atoms. The summed E-state index contributed by atoms with van der Waals surface area (Å²) in [6.07, 6.45) is 5.52. The molecule has 15 nitrogen and oxygen atoms in total. The van der Waals surface area contributed by atoms with Gasteiger partial charge in [0.05, 0.1) is 18.3 Å². The number of amides is 5. The van der Waals surface area contributed by atoms with E-state index < -0.39 is 80.4 Å². The summed E-state index contributed by atoms with van der Waals surface area (Å²) in [5.41, 5.74) is 6.06. The first-order valence-corrected chi connectivity index (χ1v) is 19.3. The fourth-order valence-electron chi connectivity index (χ4n) is 7.09. The molecule has 1 aromatic rings. The number of nitrogens with two attached hydrogens (primary N) is 1. The zero-order valence-electron chi connectivity index (χ0n) is 29.3. The largest absolute Gasteiger partial charge is 0.444 e. The maximum atomic E-state index is 14.3. The van der Waals surface area contributed by atoms with Crippen molar-refractivity contribution >= 4 is 45.6 Å². The number of carbonyl (C=O) groups excluding carboxylic acids is 5. The Morgan fingerprint density at radius 3 is 2.53 bits per heavy atom. The van der Waals surface area contributed by atoms with Gasteiger partial charge in [-0.05, 0) is 76.5 Å². The van der Waals surface area contributed by atoms with Crippen molar-refractivity contribution in [1.82, 2.24) is 25.2 Å². The van der Waals surface area contributed by atoms with E-state index in [0.29, 0.717) is 31.4 Å². The van der Waals surface area contributed by atoms with Crippen LogP contribution in [-0.2, 0) is 47.0 Å². The maximum Gasteiger partial charge on any atom is 0.410 e. The Hall–Kier alpha value is -4.34. The number of alkyl carbamates (subject to hydrolysis) is 1. The highest BCUT2D eigenvalue weighted by Crippen LogP contribution is 2.46. The molecule has 1 aromatic carbocycles. The molecule has 51 heavy (non-hydrogen) atoms. The lowest BCUT2D eigenvalue weighted by atomic mass is 10.0. The predicted octanol–water partition coefficient (Wildman–Crippen LogP) is 2.59. The van der Waals surface area contributed by atoms with Crippen molar-refractivity contribution in [2.75, 3.05) is 12.3 Å². The number of hydrogen-bond donors (Lipinski definition) is 4. The van der Waals surface area contributed by atoms with E-state index in [2.05, 4.69) is 15.4 Å². The highest BCUT2D eigenvalue weighted by atomic mass is 32.2. The predicted molar refractivity (Wildman–Crippen MR) is 185 cm³/mol. The summed E-state index contributed by atoms with van der Waals surface area (Å²) in [5.74, 6) is -2.52. The average Bonchev–Trinajstić information content (AvgIpc) is 3.93. The number of benzene rings is 1. The number of nitrogen functional groups attached to an aromatic ring is 1. The molecule has 3 fully saturated rings. The van der Waals surface area contributed by atoms with Crippen molar-refractivity contribution in [2.45, 2.75) is 126 Å². The minimum absolute atomic E-state index is 0.0794. The van der Waals surface area contributed by atoms with Crippen LogP contribution in [0.4, 0.5) is 15.3 Å². The van der Waals surface area contributed by atoms with Gasteiger partial charge in [-0.25, -0.2) is 18.0 Å². The zero-order chi connectivity index (χ0) is 36.7. The molecule has 5 amide bonds. The summed E-state index contributed by atoms with van der Waals surface area (Å²) in [6.45, 7) is 5.51. The third-order valence-electron chi connectivity index (χ3n) is 10.1. The van der Waals surface area contributed by atoms with Crippen LogP contribution in [0.5, 0.6) is 0 Å². The third kappa shape index (κ3) is 8.26. The van der Waals surface area contributed by atoms with Crippen molar-refractivity contribution < 1.29 is 41.9 Å². The number of ether oxygens (including phenoxy) is 2. The second-order valence-corrected chi connectivity index (χ2v) is 17.3. The Balaban J connectivity index is 1.25. The van der Waals surface area contributed by atoms with Crippen molar-refractivity contribution in [1.29, 1.82) is 0 Å². The van der Waals surface area contributed by atoms with E-state index in [1.165, 1.54) is 9.80 Å². The molecule has 1 unspecified atom stereocenters. The lowest BCUT2D eigenvalue weighted by Gasteiger charge is -2.30. The van der Waals surface area contributed by atoms with Gasteiger partial charge in [0.15, 0.2) is 0 Å². The summed E-state index contributed by atoms with van der Waals surface area (Å²) in [7, 11) is -3.90. The van der Waals surface area contributed by atoms with E-state index in [1.807, 2.05) is 24.3 Å². The molecule has 0 bridgehead atoms. The van der Waals surface area contributed by atoms with Gasteiger partial charge in [-0.3, -0.25) is 24.0 Å². The normalized spacial score (nSPS) is 28.9. The van der Waals surface area contributed by atoms with Crippen LogP contribution < -0.4 is 21.1 Å². The Morgan fingerprint density at radius 2 is 1.82 bits per heavy atom. The first-order chi connectivity index (χ1) is 24.1. The van der Waals surface area contributed by atoms with Crippen molar-refractivity contribution in [3.8, 4) is 0 Å². The molecular weight excluding hydrogens is 680 g/mol. The molecule has 2 saturated carbocycles. The highest BCUT2D eigenvalue weighted by Gasteiger charge is 2.62. The smallest absolute Gasteiger partial charge is 0.410 e. The third-order valence-corrected chi connectivity index (χ3v) is 11.9. The molecule has 1 saturated heterocycles. The number of fused-ring (bicyclic) bond motifs is 3. The lowest BCUT2D eigenvalue weighted by Crippen LogP contribution is -2.58. The quantitative estimate of drug-likeness (QED) is 0.258. The fraction of sp³-hybridized carbons (Fsp3) is 0.629. The summed E-state index contributed by atoms with van der Waals surface area (Å²) in [4.78, 5) is 71.2. The Labute approximate surface area is 298 Å². The van der Waals surface area contributed by atoms with Gasteiger partial charge < -0.3 is 30.7 Å².